The maximum Gasteiger partial charge on any atom is 0.573 e. The number of anilines is 1. The van der Waals surface area contributed by atoms with Crippen LogP contribution in [0.15, 0.2) is 72.0 Å². The molecule has 4 aromatic rings. The Morgan fingerprint density at radius 1 is 1.02 bits per heavy atom. The van der Waals surface area contributed by atoms with Gasteiger partial charge in [0.15, 0.2) is 11.0 Å². The molecule has 0 radical (unpaired) electrons. The number of aliphatic imine (C=N–C) groups is 1. The SMILES string of the molecule is Cc1cc(C)c(N2CCCSC2=NC(=O)NCCCCc2ccc(-c3ncn(-c4ccc(OC(F)(F)F)cc4)n3)cc2)c(C)c1. The van der Waals surface area contributed by atoms with Gasteiger partial charge < -0.3 is 15.0 Å². The first kappa shape index (κ1) is 32.1. The van der Waals surface area contributed by atoms with Crippen LogP contribution >= 0.6 is 11.8 Å². The Morgan fingerprint density at radius 2 is 1.73 bits per heavy atom. The molecule has 0 spiro atoms. The molecule has 8 nitrogen and oxygen atoms in total. The van der Waals surface area contributed by atoms with E-state index in [2.05, 4.69) is 62.9 Å². The van der Waals surface area contributed by atoms with Gasteiger partial charge in [-0.25, -0.2) is 14.5 Å². The van der Waals surface area contributed by atoms with E-state index in [9.17, 15) is 18.0 Å². The van der Waals surface area contributed by atoms with Crippen LogP contribution in [0.25, 0.3) is 17.1 Å². The molecule has 0 atom stereocenters. The van der Waals surface area contributed by atoms with E-state index in [0.29, 0.717) is 18.1 Å². The number of carbonyl (C=O) groups is 1. The number of rotatable bonds is 9. The van der Waals surface area contributed by atoms with Gasteiger partial charge in [-0.2, -0.15) is 4.99 Å². The van der Waals surface area contributed by atoms with Crippen molar-refractivity contribution in [1.82, 2.24) is 20.1 Å². The van der Waals surface area contributed by atoms with Gasteiger partial charge >= 0.3 is 12.4 Å². The highest BCUT2D eigenvalue weighted by Gasteiger charge is 2.31. The highest BCUT2D eigenvalue weighted by atomic mass is 32.2. The van der Waals surface area contributed by atoms with E-state index >= 15 is 0 Å². The maximum absolute atomic E-state index is 12.7. The highest BCUT2D eigenvalue weighted by molar-refractivity contribution is 8.14. The lowest BCUT2D eigenvalue weighted by Crippen LogP contribution is -2.36. The summed E-state index contributed by atoms with van der Waals surface area (Å²) in [5, 5.41) is 8.15. The van der Waals surface area contributed by atoms with Crippen molar-refractivity contribution in [3.8, 4) is 22.8 Å². The Bertz CT molecular complexity index is 1630. The number of benzene rings is 3. The summed E-state index contributed by atoms with van der Waals surface area (Å²) < 4.78 is 42.6. The number of hydrogen-bond acceptors (Lipinski definition) is 5. The molecule has 1 fully saturated rings. The minimum absolute atomic E-state index is 0.299. The van der Waals surface area contributed by atoms with Crippen molar-refractivity contribution in [3.05, 3.63) is 89.2 Å². The van der Waals surface area contributed by atoms with Crippen LogP contribution in [0.5, 0.6) is 5.75 Å². The van der Waals surface area contributed by atoms with E-state index < -0.39 is 6.36 Å². The lowest BCUT2D eigenvalue weighted by molar-refractivity contribution is -0.274. The van der Waals surface area contributed by atoms with E-state index in [1.807, 2.05) is 24.3 Å². The summed E-state index contributed by atoms with van der Waals surface area (Å²) in [6.07, 6.45) is 0.396. The summed E-state index contributed by atoms with van der Waals surface area (Å²) in [5.74, 6) is 1.15. The van der Waals surface area contributed by atoms with Crippen LogP contribution < -0.4 is 15.0 Å². The van der Waals surface area contributed by atoms with E-state index in [-0.39, 0.29) is 11.8 Å². The fraction of sp³-hybridized carbons (Fsp3) is 0.333. The van der Waals surface area contributed by atoms with Crippen molar-refractivity contribution in [2.45, 2.75) is 52.8 Å². The third-order valence-electron chi connectivity index (χ3n) is 7.30. The fourth-order valence-corrected chi connectivity index (χ4v) is 6.32. The van der Waals surface area contributed by atoms with Crippen LogP contribution in [0, 0.1) is 20.8 Å². The Hall–Kier alpha value is -4.32. The number of amides is 2. The smallest absolute Gasteiger partial charge is 0.406 e. The molecule has 2 amide bonds. The van der Waals surface area contributed by atoms with Crippen LogP contribution in [0.1, 0.15) is 41.5 Å². The molecule has 2 heterocycles. The second kappa shape index (κ2) is 14.2. The highest BCUT2D eigenvalue weighted by Crippen LogP contribution is 2.32. The van der Waals surface area contributed by atoms with Gasteiger partial charge in [-0.15, -0.1) is 18.3 Å². The molecule has 0 bridgehead atoms. The normalized spacial score (nSPS) is 14.5. The number of ether oxygens (including phenoxy) is 1. The van der Waals surface area contributed by atoms with E-state index in [4.69, 9.17) is 0 Å². The van der Waals surface area contributed by atoms with Crippen LogP contribution in [0.2, 0.25) is 0 Å². The number of aromatic nitrogens is 3. The average Bonchev–Trinajstić information content (AvgIpc) is 3.48. The van der Waals surface area contributed by atoms with Crippen molar-refractivity contribution in [1.29, 1.82) is 0 Å². The lowest BCUT2D eigenvalue weighted by Gasteiger charge is -2.32. The molecule has 0 saturated carbocycles. The number of carbonyl (C=O) groups excluding carboxylic acids is 1. The molecule has 1 saturated heterocycles. The Balaban J connectivity index is 1.08. The number of urea groups is 1. The first-order valence-corrected chi connectivity index (χ1v) is 15.8. The molecular formula is C33H35F3N6O2S. The molecule has 3 aromatic carbocycles. The van der Waals surface area contributed by atoms with Crippen molar-refractivity contribution in [2.75, 3.05) is 23.7 Å². The number of nitrogens with one attached hydrogen (secondary N) is 1. The monoisotopic (exact) mass is 636 g/mol. The second-order valence-corrected chi connectivity index (χ2v) is 12.0. The van der Waals surface area contributed by atoms with Gasteiger partial charge in [-0.05, 0) is 87.4 Å². The van der Waals surface area contributed by atoms with Crippen molar-refractivity contribution < 1.29 is 22.7 Å². The molecule has 236 valence electrons. The summed E-state index contributed by atoms with van der Waals surface area (Å²) >= 11 is 1.62. The van der Waals surface area contributed by atoms with E-state index in [1.165, 1.54) is 52.0 Å². The molecule has 45 heavy (non-hydrogen) atoms. The minimum Gasteiger partial charge on any atom is -0.406 e. The number of aryl methyl sites for hydroxylation is 4. The maximum atomic E-state index is 12.7. The minimum atomic E-state index is -4.74. The molecule has 1 aromatic heterocycles. The second-order valence-electron chi connectivity index (χ2n) is 10.9. The molecule has 1 N–H and O–H groups in total. The summed E-state index contributed by atoms with van der Waals surface area (Å²) in [7, 11) is 0. The van der Waals surface area contributed by atoms with E-state index in [1.54, 1.807) is 11.8 Å². The van der Waals surface area contributed by atoms with Crippen LogP contribution in [-0.2, 0) is 6.42 Å². The molecule has 0 unspecified atom stereocenters. The molecular weight excluding hydrogens is 601 g/mol. The number of hydrogen-bond donors (Lipinski definition) is 1. The van der Waals surface area contributed by atoms with Gasteiger partial charge in [-0.1, -0.05) is 53.7 Å². The number of halogens is 3. The Morgan fingerprint density at radius 3 is 2.42 bits per heavy atom. The predicted octanol–water partition coefficient (Wildman–Crippen LogP) is 7.79. The molecule has 12 heteroatoms. The number of thioether (sulfide) groups is 1. The zero-order valence-electron chi connectivity index (χ0n) is 25.4. The van der Waals surface area contributed by atoms with Gasteiger partial charge in [0.25, 0.3) is 0 Å². The van der Waals surface area contributed by atoms with Gasteiger partial charge in [0, 0.05) is 30.1 Å². The van der Waals surface area contributed by atoms with Gasteiger partial charge in [0.2, 0.25) is 0 Å². The van der Waals surface area contributed by atoms with E-state index in [0.717, 1.165) is 60.0 Å². The Labute approximate surface area is 264 Å². The van der Waals surface area contributed by atoms with Crippen molar-refractivity contribution in [3.63, 3.8) is 0 Å². The zero-order chi connectivity index (χ0) is 32.0. The third kappa shape index (κ3) is 8.65. The topological polar surface area (TPSA) is 84.6 Å². The summed E-state index contributed by atoms with van der Waals surface area (Å²) in [5.41, 5.74) is 7.29. The van der Waals surface area contributed by atoms with Crippen LogP contribution in [-0.4, -0.2) is 51.2 Å². The molecule has 1 aliphatic rings. The summed E-state index contributed by atoms with van der Waals surface area (Å²) in [6.45, 7) is 7.70. The van der Waals surface area contributed by atoms with Gasteiger partial charge in [-0.3, -0.25) is 0 Å². The van der Waals surface area contributed by atoms with Crippen LogP contribution in [0.4, 0.5) is 23.7 Å². The standard InChI is InChI=1S/C33H35F3N6O2S/c1-22-19-23(2)29(24(3)20-22)41-17-6-18-45-32(41)39-31(43)37-16-5-4-7-25-8-10-26(11-9-25)30-38-21-42(40-30)27-12-14-28(15-13-27)44-33(34,35)36/h8-15,19-21H,4-7,16-18H2,1-3H3,(H,37,43). The number of nitrogens with zero attached hydrogens (tertiary/aromatic N) is 5. The van der Waals surface area contributed by atoms with Gasteiger partial charge in [0.05, 0.1) is 5.69 Å². The van der Waals surface area contributed by atoms with Crippen molar-refractivity contribution in [2.24, 2.45) is 4.99 Å². The lowest BCUT2D eigenvalue weighted by atomic mass is 10.0. The zero-order valence-corrected chi connectivity index (χ0v) is 26.2. The average molecular weight is 637 g/mol. The first-order valence-electron chi connectivity index (χ1n) is 14.8. The summed E-state index contributed by atoms with van der Waals surface area (Å²) in [6, 6.07) is 17.4. The summed E-state index contributed by atoms with van der Waals surface area (Å²) in [4.78, 5) is 23.6. The number of alkyl halides is 3. The predicted molar refractivity (Wildman–Crippen MR) is 172 cm³/mol. The Kier molecular flexibility index (Phi) is 10.1. The van der Waals surface area contributed by atoms with Gasteiger partial charge in [0.1, 0.15) is 12.1 Å². The number of unbranched alkanes of at least 4 members (excludes halogenated alkanes) is 1. The molecule has 1 aliphatic heterocycles. The first-order chi connectivity index (χ1) is 21.6. The fourth-order valence-electron chi connectivity index (χ4n) is 5.37. The quantitative estimate of drug-likeness (QED) is 0.189. The third-order valence-corrected chi connectivity index (χ3v) is 8.36. The van der Waals surface area contributed by atoms with Crippen molar-refractivity contribution >= 4 is 28.6 Å². The number of amidine groups is 1. The van der Waals surface area contributed by atoms with Crippen LogP contribution in [0.3, 0.4) is 0 Å². The molecule has 0 aliphatic carbocycles. The largest absolute Gasteiger partial charge is 0.573 e. The molecule has 5 rings (SSSR count).